The van der Waals surface area contributed by atoms with E-state index >= 15 is 0 Å². The lowest BCUT2D eigenvalue weighted by Crippen LogP contribution is -2.52. The fourth-order valence-electron chi connectivity index (χ4n) is 2.62. The first kappa shape index (κ1) is 17.4. The summed E-state index contributed by atoms with van der Waals surface area (Å²) < 4.78 is 0. The van der Waals surface area contributed by atoms with Crippen LogP contribution in [0.5, 0.6) is 0 Å². The molecule has 1 fully saturated rings. The average Bonchev–Trinajstić information content (AvgIpc) is 2.36. The van der Waals surface area contributed by atoms with E-state index < -0.39 is 5.60 Å². The molecule has 1 saturated heterocycles. The minimum absolute atomic E-state index is 0.134. The normalized spacial score (nSPS) is 18.5. The van der Waals surface area contributed by atoms with Gasteiger partial charge in [-0.25, -0.2) is 0 Å². The third-order valence-corrected chi connectivity index (χ3v) is 3.79. The van der Waals surface area contributed by atoms with Crippen LogP contribution in [0.15, 0.2) is 0 Å². The highest BCUT2D eigenvalue weighted by molar-refractivity contribution is 5.78. The van der Waals surface area contributed by atoms with Crippen molar-refractivity contribution in [3.8, 4) is 0 Å². The topological polar surface area (TPSA) is 55.8 Å². The SMILES string of the molecule is CCC(CC)NC(=O)CN1CCN(CC(C)(C)O)CC1. The second-order valence-corrected chi connectivity index (χ2v) is 6.45. The van der Waals surface area contributed by atoms with Gasteiger partial charge in [-0.05, 0) is 26.7 Å². The predicted molar refractivity (Wildman–Crippen MR) is 81.7 cm³/mol. The number of aliphatic hydroxyl groups is 1. The Morgan fingerprint density at radius 3 is 2.10 bits per heavy atom. The Bertz CT molecular complexity index is 290. The van der Waals surface area contributed by atoms with Crippen LogP contribution in [0, 0.1) is 0 Å². The summed E-state index contributed by atoms with van der Waals surface area (Å²) in [7, 11) is 0. The highest BCUT2D eigenvalue weighted by atomic mass is 16.3. The van der Waals surface area contributed by atoms with Crippen molar-refractivity contribution in [2.75, 3.05) is 39.3 Å². The molecular formula is C15H31N3O2. The molecule has 0 unspecified atom stereocenters. The van der Waals surface area contributed by atoms with Crippen LogP contribution in [0.3, 0.4) is 0 Å². The maximum atomic E-state index is 11.9. The smallest absolute Gasteiger partial charge is 0.234 e. The Morgan fingerprint density at radius 2 is 1.65 bits per heavy atom. The van der Waals surface area contributed by atoms with Crippen LogP contribution in [-0.2, 0) is 4.79 Å². The molecule has 0 spiro atoms. The summed E-state index contributed by atoms with van der Waals surface area (Å²) in [6, 6.07) is 0.305. The van der Waals surface area contributed by atoms with Crippen molar-refractivity contribution in [3.05, 3.63) is 0 Å². The van der Waals surface area contributed by atoms with Crippen LogP contribution in [0.4, 0.5) is 0 Å². The fourth-order valence-corrected chi connectivity index (χ4v) is 2.62. The summed E-state index contributed by atoms with van der Waals surface area (Å²) in [4.78, 5) is 16.4. The van der Waals surface area contributed by atoms with E-state index in [0.29, 0.717) is 19.1 Å². The van der Waals surface area contributed by atoms with Gasteiger partial charge in [0, 0.05) is 38.8 Å². The molecule has 1 heterocycles. The molecule has 1 aliphatic heterocycles. The van der Waals surface area contributed by atoms with Gasteiger partial charge < -0.3 is 10.4 Å². The zero-order valence-electron chi connectivity index (χ0n) is 13.5. The minimum Gasteiger partial charge on any atom is -0.389 e. The summed E-state index contributed by atoms with van der Waals surface area (Å²) in [6.07, 6.45) is 1.98. The van der Waals surface area contributed by atoms with Gasteiger partial charge >= 0.3 is 0 Å². The van der Waals surface area contributed by atoms with E-state index in [0.717, 1.165) is 39.0 Å². The molecule has 0 aromatic heterocycles. The van der Waals surface area contributed by atoms with Crippen LogP contribution >= 0.6 is 0 Å². The van der Waals surface area contributed by atoms with Crippen LogP contribution in [-0.4, -0.2) is 71.7 Å². The fraction of sp³-hybridized carbons (Fsp3) is 0.933. The minimum atomic E-state index is -0.644. The van der Waals surface area contributed by atoms with Crippen LogP contribution in [0.1, 0.15) is 40.5 Å². The summed E-state index contributed by atoms with van der Waals surface area (Å²) in [5.41, 5.74) is -0.644. The first-order valence-electron chi connectivity index (χ1n) is 7.80. The molecule has 0 atom stereocenters. The Kier molecular flexibility index (Phi) is 6.92. The zero-order chi connectivity index (χ0) is 15.2. The van der Waals surface area contributed by atoms with E-state index in [4.69, 9.17) is 0 Å². The summed E-state index contributed by atoms with van der Waals surface area (Å²) in [5, 5.41) is 12.9. The third-order valence-electron chi connectivity index (χ3n) is 3.79. The van der Waals surface area contributed by atoms with Gasteiger partial charge in [-0.2, -0.15) is 0 Å². The largest absolute Gasteiger partial charge is 0.389 e. The number of carbonyl (C=O) groups excluding carboxylic acids is 1. The molecule has 0 aromatic carbocycles. The van der Waals surface area contributed by atoms with Crippen LogP contribution < -0.4 is 5.32 Å². The van der Waals surface area contributed by atoms with Gasteiger partial charge in [-0.3, -0.25) is 14.6 Å². The standard InChI is InChI=1S/C15H31N3O2/c1-5-13(6-2)16-14(19)11-17-7-9-18(10-8-17)12-15(3,4)20/h13,20H,5-12H2,1-4H3,(H,16,19). The van der Waals surface area contributed by atoms with Crippen LogP contribution in [0.2, 0.25) is 0 Å². The maximum Gasteiger partial charge on any atom is 0.234 e. The lowest BCUT2D eigenvalue weighted by molar-refractivity contribution is -0.123. The van der Waals surface area contributed by atoms with Gasteiger partial charge in [0.05, 0.1) is 12.1 Å². The number of hydrogen-bond donors (Lipinski definition) is 2. The molecule has 20 heavy (non-hydrogen) atoms. The van der Waals surface area contributed by atoms with Gasteiger partial charge in [-0.15, -0.1) is 0 Å². The van der Waals surface area contributed by atoms with E-state index in [1.807, 2.05) is 13.8 Å². The van der Waals surface area contributed by atoms with E-state index in [-0.39, 0.29) is 5.91 Å². The van der Waals surface area contributed by atoms with Crippen molar-refractivity contribution in [3.63, 3.8) is 0 Å². The molecule has 1 rings (SSSR count). The van der Waals surface area contributed by atoms with Gasteiger partial charge in [0.1, 0.15) is 0 Å². The van der Waals surface area contributed by atoms with E-state index in [9.17, 15) is 9.90 Å². The van der Waals surface area contributed by atoms with Crippen LogP contribution in [0.25, 0.3) is 0 Å². The highest BCUT2D eigenvalue weighted by Gasteiger charge is 2.23. The molecule has 5 nitrogen and oxygen atoms in total. The van der Waals surface area contributed by atoms with E-state index in [1.165, 1.54) is 0 Å². The predicted octanol–water partition coefficient (Wildman–Crippen LogP) is 0.680. The van der Waals surface area contributed by atoms with E-state index in [2.05, 4.69) is 29.0 Å². The molecule has 1 amide bonds. The van der Waals surface area contributed by atoms with Crippen molar-refractivity contribution < 1.29 is 9.90 Å². The van der Waals surface area contributed by atoms with Crippen molar-refractivity contribution in [1.82, 2.24) is 15.1 Å². The van der Waals surface area contributed by atoms with Gasteiger partial charge in [0.25, 0.3) is 0 Å². The van der Waals surface area contributed by atoms with Crippen molar-refractivity contribution in [1.29, 1.82) is 0 Å². The third kappa shape index (κ3) is 6.68. The number of β-amino-alcohol motifs (C(OH)–C–C–N with tert-alkyl or cyclic N) is 1. The highest BCUT2D eigenvalue weighted by Crippen LogP contribution is 2.08. The van der Waals surface area contributed by atoms with Gasteiger partial charge in [0.2, 0.25) is 5.91 Å². The molecule has 0 bridgehead atoms. The molecule has 0 radical (unpaired) electrons. The Morgan fingerprint density at radius 1 is 1.15 bits per heavy atom. The summed E-state index contributed by atoms with van der Waals surface area (Å²) in [6.45, 7) is 12.7. The first-order valence-corrected chi connectivity index (χ1v) is 7.80. The molecule has 1 aliphatic rings. The number of amides is 1. The number of nitrogens with zero attached hydrogens (tertiary/aromatic N) is 2. The molecule has 0 saturated carbocycles. The monoisotopic (exact) mass is 285 g/mol. The van der Waals surface area contributed by atoms with Crippen molar-refractivity contribution in [2.45, 2.75) is 52.2 Å². The number of hydrogen-bond acceptors (Lipinski definition) is 4. The summed E-state index contributed by atoms with van der Waals surface area (Å²) >= 11 is 0. The quantitative estimate of drug-likeness (QED) is 0.722. The lowest BCUT2D eigenvalue weighted by atomic mass is 10.1. The molecule has 118 valence electrons. The lowest BCUT2D eigenvalue weighted by Gasteiger charge is -2.37. The Labute approximate surface area is 123 Å². The summed E-state index contributed by atoms with van der Waals surface area (Å²) in [5.74, 6) is 0.134. The molecular weight excluding hydrogens is 254 g/mol. The average molecular weight is 285 g/mol. The second-order valence-electron chi connectivity index (χ2n) is 6.45. The first-order chi connectivity index (χ1) is 9.34. The number of carbonyl (C=O) groups is 1. The molecule has 2 N–H and O–H groups in total. The van der Waals surface area contributed by atoms with Crippen molar-refractivity contribution >= 4 is 5.91 Å². The number of piperazine rings is 1. The zero-order valence-corrected chi connectivity index (χ0v) is 13.5. The molecule has 0 aromatic rings. The van der Waals surface area contributed by atoms with Crippen molar-refractivity contribution in [2.24, 2.45) is 0 Å². The van der Waals surface area contributed by atoms with Gasteiger partial charge in [0.15, 0.2) is 0 Å². The number of rotatable bonds is 7. The second kappa shape index (κ2) is 7.96. The number of nitrogens with one attached hydrogen (secondary N) is 1. The van der Waals surface area contributed by atoms with Gasteiger partial charge in [-0.1, -0.05) is 13.8 Å². The Balaban J connectivity index is 2.26. The molecule has 0 aliphatic carbocycles. The molecule has 5 heteroatoms. The maximum absolute atomic E-state index is 11.9. The Hall–Kier alpha value is -0.650. The van der Waals surface area contributed by atoms with E-state index in [1.54, 1.807) is 0 Å².